The molecule has 7 heteroatoms. The fraction of sp³-hybridized carbons (Fsp3) is 0.750. The predicted molar refractivity (Wildman–Crippen MR) is 71.9 cm³/mol. The summed E-state index contributed by atoms with van der Waals surface area (Å²) >= 11 is 0. The summed E-state index contributed by atoms with van der Waals surface area (Å²) in [6, 6.07) is 0. The Morgan fingerprint density at radius 2 is 2.11 bits per heavy atom. The van der Waals surface area contributed by atoms with Gasteiger partial charge in [-0.3, -0.25) is 14.8 Å². The van der Waals surface area contributed by atoms with Gasteiger partial charge >= 0.3 is 0 Å². The van der Waals surface area contributed by atoms with Crippen molar-refractivity contribution in [1.82, 2.24) is 30.3 Å². The Morgan fingerprint density at radius 1 is 1.42 bits per heavy atom. The van der Waals surface area contributed by atoms with Gasteiger partial charge in [0, 0.05) is 38.3 Å². The Labute approximate surface area is 113 Å². The summed E-state index contributed by atoms with van der Waals surface area (Å²) in [6.07, 6.45) is 1.33. The average molecular weight is 266 g/mol. The molecule has 0 spiro atoms. The summed E-state index contributed by atoms with van der Waals surface area (Å²) in [4.78, 5) is 20.4. The van der Waals surface area contributed by atoms with Gasteiger partial charge in [-0.2, -0.15) is 5.10 Å². The molecule has 1 aromatic rings. The van der Waals surface area contributed by atoms with Crippen molar-refractivity contribution in [3.63, 3.8) is 0 Å². The summed E-state index contributed by atoms with van der Waals surface area (Å²) in [5.74, 6) is 0.0499. The Bertz CT molecular complexity index is 408. The van der Waals surface area contributed by atoms with Crippen LogP contribution in [0.25, 0.3) is 0 Å². The van der Waals surface area contributed by atoms with E-state index in [-0.39, 0.29) is 17.3 Å². The number of amides is 1. The van der Waals surface area contributed by atoms with E-state index in [1.54, 1.807) is 0 Å². The number of nitrogens with one attached hydrogen (secondary N) is 2. The largest absolute Gasteiger partial charge is 0.347 e. The molecule has 2 rings (SSSR count). The number of carbonyl (C=O) groups excluding carboxylic acids is 1. The van der Waals surface area contributed by atoms with Gasteiger partial charge in [-0.1, -0.05) is 0 Å². The van der Waals surface area contributed by atoms with Crippen molar-refractivity contribution < 1.29 is 4.79 Å². The van der Waals surface area contributed by atoms with Crippen LogP contribution in [-0.2, 0) is 0 Å². The van der Waals surface area contributed by atoms with E-state index in [2.05, 4.69) is 51.2 Å². The lowest BCUT2D eigenvalue weighted by Gasteiger charge is -2.43. The third-order valence-corrected chi connectivity index (χ3v) is 3.67. The van der Waals surface area contributed by atoms with Gasteiger partial charge in [-0.15, -0.1) is 0 Å². The van der Waals surface area contributed by atoms with Crippen LogP contribution in [0.5, 0.6) is 0 Å². The maximum absolute atomic E-state index is 11.8. The van der Waals surface area contributed by atoms with Crippen LogP contribution in [0.15, 0.2) is 6.33 Å². The number of aromatic amines is 1. The van der Waals surface area contributed by atoms with Crippen molar-refractivity contribution in [2.75, 3.05) is 39.8 Å². The van der Waals surface area contributed by atoms with Crippen LogP contribution in [0.3, 0.4) is 0 Å². The van der Waals surface area contributed by atoms with E-state index in [9.17, 15) is 4.79 Å². The van der Waals surface area contributed by atoms with E-state index in [1.807, 2.05) is 0 Å². The van der Waals surface area contributed by atoms with Gasteiger partial charge in [0.2, 0.25) is 5.82 Å². The molecule has 1 aromatic heterocycles. The molecule has 19 heavy (non-hydrogen) atoms. The molecule has 7 nitrogen and oxygen atoms in total. The molecule has 0 saturated carbocycles. The van der Waals surface area contributed by atoms with Crippen molar-refractivity contribution in [2.24, 2.45) is 0 Å². The smallest absolute Gasteiger partial charge is 0.288 e. The number of aromatic nitrogens is 3. The van der Waals surface area contributed by atoms with Gasteiger partial charge in [-0.05, 0) is 20.9 Å². The SMILES string of the molecule is CN1CCN(C(C)(C)CNC(=O)c2ncn[nH]2)CC1. The first-order chi connectivity index (χ1) is 8.99. The molecule has 0 unspecified atom stereocenters. The fourth-order valence-corrected chi connectivity index (χ4v) is 2.22. The lowest BCUT2D eigenvalue weighted by atomic mass is 10.0. The number of H-pyrrole nitrogens is 1. The molecule has 0 aromatic carbocycles. The molecular weight excluding hydrogens is 244 g/mol. The van der Waals surface area contributed by atoms with Crippen molar-refractivity contribution in [1.29, 1.82) is 0 Å². The number of hydrogen-bond acceptors (Lipinski definition) is 5. The van der Waals surface area contributed by atoms with Crippen molar-refractivity contribution >= 4 is 5.91 Å². The maximum Gasteiger partial charge on any atom is 0.288 e. The second-order valence-electron chi connectivity index (χ2n) is 5.62. The van der Waals surface area contributed by atoms with E-state index in [0.29, 0.717) is 6.54 Å². The third kappa shape index (κ3) is 3.51. The second-order valence-corrected chi connectivity index (χ2v) is 5.62. The molecule has 106 valence electrons. The molecule has 1 aliphatic rings. The Morgan fingerprint density at radius 3 is 2.68 bits per heavy atom. The monoisotopic (exact) mass is 266 g/mol. The lowest BCUT2D eigenvalue weighted by Crippen LogP contribution is -2.57. The topological polar surface area (TPSA) is 77.2 Å². The van der Waals surface area contributed by atoms with Gasteiger partial charge in [0.15, 0.2) is 0 Å². The minimum absolute atomic E-state index is 0.0586. The highest BCUT2D eigenvalue weighted by atomic mass is 16.2. The van der Waals surface area contributed by atoms with Crippen LogP contribution < -0.4 is 5.32 Å². The maximum atomic E-state index is 11.8. The van der Waals surface area contributed by atoms with Crippen molar-refractivity contribution in [3.8, 4) is 0 Å². The van der Waals surface area contributed by atoms with Gasteiger partial charge in [0.25, 0.3) is 5.91 Å². The number of likely N-dealkylation sites (N-methyl/N-ethyl adjacent to an activating group) is 1. The van der Waals surface area contributed by atoms with E-state index in [1.165, 1.54) is 6.33 Å². The zero-order valence-corrected chi connectivity index (χ0v) is 11.8. The van der Waals surface area contributed by atoms with Crippen LogP contribution in [0.1, 0.15) is 24.5 Å². The summed E-state index contributed by atoms with van der Waals surface area (Å²) in [7, 11) is 2.13. The van der Waals surface area contributed by atoms with Gasteiger partial charge < -0.3 is 10.2 Å². The molecule has 0 aliphatic carbocycles. The molecule has 0 bridgehead atoms. The molecule has 1 fully saturated rings. The summed E-state index contributed by atoms with van der Waals surface area (Å²) in [5, 5.41) is 9.14. The highest BCUT2D eigenvalue weighted by molar-refractivity contribution is 5.90. The van der Waals surface area contributed by atoms with Gasteiger partial charge in [0.05, 0.1) is 0 Å². The van der Waals surface area contributed by atoms with Crippen LogP contribution in [-0.4, -0.2) is 76.2 Å². The van der Waals surface area contributed by atoms with Crippen molar-refractivity contribution in [2.45, 2.75) is 19.4 Å². The highest BCUT2D eigenvalue weighted by Gasteiger charge is 2.29. The molecule has 0 radical (unpaired) electrons. The van der Waals surface area contributed by atoms with Crippen LogP contribution in [0, 0.1) is 0 Å². The molecule has 2 heterocycles. The predicted octanol–water partition coefficient (Wildman–Crippen LogP) is -0.439. The fourth-order valence-electron chi connectivity index (χ4n) is 2.22. The van der Waals surface area contributed by atoms with E-state index in [0.717, 1.165) is 26.2 Å². The normalized spacial score (nSPS) is 18.5. The lowest BCUT2D eigenvalue weighted by molar-refractivity contribution is 0.0586. The first-order valence-corrected chi connectivity index (χ1v) is 6.56. The third-order valence-electron chi connectivity index (χ3n) is 3.67. The van der Waals surface area contributed by atoms with Crippen LogP contribution >= 0.6 is 0 Å². The minimum atomic E-state index is -0.209. The Balaban J connectivity index is 1.85. The van der Waals surface area contributed by atoms with Crippen LogP contribution in [0.2, 0.25) is 0 Å². The number of hydrogen-bond donors (Lipinski definition) is 2. The van der Waals surface area contributed by atoms with E-state index < -0.39 is 0 Å². The first kappa shape index (κ1) is 14.0. The van der Waals surface area contributed by atoms with E-state index >= 15 is 0 Å². The molecule has 1 amide bonds. The number of rotatable bonds is 4. The van der Waals surface area contributed by atoms with E-state index in [4.69, 9.17) is 0 Å². The van der Waals surface area contributed by atoms with Crippen molar-refractivity contribution in [3.05, 3.63) is 12.2 Å². The highest BCUT2D eigenvalue weighted by Crippen LogP contribution is 2.15. The summed E-state index contributed by atoms with van der Waals surface area (Å²) in [5.41, 5.74) is -0.0586. The minimum Gasteiger partial charge on any atom is -0.347 e. The van der Waals surface area contributed by atoms with Crippen LogP contribution in [0.4, 0.5) is 0 Å². The molecule has 1 saturated heterocycles. The Kier molecular flexibility index (Phi) is 4.16. The van der Waals surface area contributed by atoms with Gasteiger partial charge in [-0.25, -0.2) is 4.98 Å². The summed E-state index contributed by atoms with van der Waals surface area (Å²) in [6.45, 7) is 9.09. The number of carbonyl (C=O) groups is 1. The number of nitrogens with zero attached hydrogens (tertiary/aromatic N) is 4. The zero-order valence-electron chi connectivity index (χ0n) is 11.8. The Hall–Kier alpha value is -1.47. The molecular formula is C12H22N6O. The first-order valence-electron chi connectivity index (χ1n) is 6.56. The average Bonchev–Trinajstić information content (AvgIpc) is 2.90. The summed E-state index contributed by atoms with van der Waals surface area (Å²) < 4.78 is 0. The zero-order chi connectivity index (χ0) is 13.9. The molecule has 2 N–H and O–H groups in total. The molecule has 1 aliphatic heterocycles. The second kappa shape index (κ2) is 5.66. The molecule has 0 atom stereocenters. The standard InChI is InChI=1S/C12H22N6O/c1-12(2,18-6-4-17(3)5-7-18)8-13-11(19)10-14-9-15-16-10/h9H,4-8H2,1-3H3,(H,13,19)(H,14,15,16). The quantitative estimate of drug-likeness (QED) is 0.772. The van der Waals surface area contributed by atoms with Gasteiger partial charge in [0.1, 0.15) is 6.33 Å². The number of piperazine rings is 1.